The minimum Gasteiger partial charge on any atom is -0.396 e. The summed E-state index contributed by atoms with van der Waals surface area (Å²) in [5.74, 6) is 1.50. The maximum absolute atomic E-state index is 11.9. The molecule has 1 aromatic heterocycles. The molecule has 5 heteroatoms. The Kier molecular flexibility index (Phi) is 2.81. The maximum Gasteiger partial charge on any atom is 0.225 e. The lowest BCUT2D eigenvalue weighted by Crippen LogP contribution is -2.49. The smallest absolute Gasteiger partial charge is 0.225 e. The summed E-state index contributed by atoms with van der Waals surface area (Å²) in [4.78, 5) is 20.4. The fraction of sp³-hybridized carbons (Fsp3) is 0.538. The molecule has 1 aliphatic heterocycles. The molecule has 0 radical (unpaired) electrons. The van der Waals surface area contributed by atoms with E-state index in [1.54, 1.807) is 6.20 Å². The van der Waals surface area contributed by atoms with E-state index in [4.69, 9.17) is 5.73 Å². The summed E-state index contributed by atoms with van der Waals surface area (Å²) in [5.41, 5.74) is 6.63. The van der Waals surface area contributed by atoms with Gasteiger partial charge in [0.1, 0.15) is 0 Å². The molecule has 1 amide bonds. The molecular formula is C13H18N4O. The molecule has 18 heavy (non-hydrogen) atoms. The molecule has 0 spiro atoms. The van der Waals surface area contributed by atoms with E-state index in [-0.39, 0.29) is 0 Å². The van der Waals surface area contributed by atoms with Gasteiger partial charge in [0.05, 0.1) is 5.69 Å². The molecule has 0 unspecified atom stereocenters. The predicted octanol–water partition coefficient (Wildman–Crippen LogP) is 0.722. The third-order valence-corrected chi connectivity index (χ3v) is 3.63. The van der Waals surface area contributed by atoms with Gasteiger partial charge >= 0.3 is 0 Å². The van der Waals surface area contributed by atoms with Crippen LogP contribution in [0.5, 0.6) is 0 Å². The minimum atomic E-state index is 0.316. The molecule has 3 rings (SSSR count). The zero-order valence-electron chi connectivity index (χ0n) is 10.4. The summed E-state index contributed by atoms with van der Waals surface area (Å²) in [5, 5.41) is 0. The van der Waals surface area contributed by atoms with E-state index in [1.807, 2.05) is 17.0 Å². The zero-order chi connectivity index (χ0) is 12.5. The van der Waals surface area contributed by atoms with Gasteiger partial charge in [-0.15, -0.1) is 0 Å². The SMILES string of the molecule is Nc1cccnc1N1CCN(C(=O)C2CC2)CC1. The van der Waals surface area contributed by atoms with Crippen LogP contribution in [0.3, 0.4) is 0 Å². The number of nitrogen functional groups attached to an aromatic ring is 1. The number of amides is 1. The van der Waals surface area contributed by atoms with E-state index in [2.05, 4.69) is 9.88 Å². The lowest BCUT2D eigenvalue weighted by atomic mass is 10.2. The minimum absolute atomic E-state index is 0.316. The van der Waals surface area contributed by atoms with Gasteiger partial charge in [-0.05, 0) is 25.0 Å². The van der Waals surface area contributed by atoms with Gasteiger partial charge in [-0.25, -0.2) is 4.98 Å². The van der Waals surface area contributed by atoms with Gasteiger partial charge in [-0.1, -0.05) is 0 Å². The third-order valence-electron chi connectivity index (χ3n) is 3.63. The van der Waals surface area contributed by atoms with Gasteiger partial charge < -0.3 is 15.5 Å². The molecule has 1 aromatic rings. The Labute approximate surface area is 107 Å². The number of aromatic nitrogens is 1. The Hall–Kier alpha value is -1.78. The lowest BCUT2D eigenvalue weighted by Gasteiger charge is -2.35. The van der Waals surface area contributed by atoms with Crippen molar-refractivity contribution in [1.82, 2.24) is 9.88 Å². The van der Waals surface area contributed by atoms with Crippen molar-refractivity contribution in [3.05, 3.63) is 18.3 Å². The van der Waals surface area contributed by atoms with E-state index < -0.39 is 0 Å². The predicted molar refractivity (Wildman–Crippen MR) is 70.2 cm³/mol. The van der Waals surface area contributed by atoms with Crippen LogP contribution in [0.4, 0.5) is 11.5 Å². The fourth-order valence-corrected chi connectivity index (χ4v) is 2.40. The highest BCUT2D eigenvalue weighted by atomic mass is 16.2. The molecule has 1 aliphatic carbocycles. The van der Waals surface area contributed by atoms with Gasteiger partial charge in [0.25, 0.3) is 0 Å². The van der Waals surface area contributed by atoms with Crippen LogP contribution < -0.4 is 10.6 Å². The average molecular weight is 246 g/mol. The lowest BCUT2D eigenvalue weighted by molar-refractivity contribution is -0.132. The number of hydrogen-bond acceptors (Lipinski definition) is 4. The first-order valence-electron chi connectivity index (χ1n) is 6.50. The van der Waals surface area contributed by atoms with Crippen molar-refractivity contribution in [3.8, 4) is 0 Å². The number of hydrogen-bond donors (Lipinski definition) is 1. The van der Waals surface area contributed by atoms with E-state index >= 15 is 0 Å². The molecule has 2 N–H and O–H groups in total. The fourth-order valence-electron chi connectivity index (χ4n) is 2.40. The van der Waals surface area contributed by atoms with Gasteiger partial charge in [0.2, 0.25) is 5.91 Å². The van der Waals surface area contributed by atoms with Crippen LogP contribution in [-0.2, 0) is 4.79 Å². The van der Waals surface area contributed by atoms with Crippen molar-refractivity contribution in [2.24, 2.45) is 5.92 Å². The number of piperazine rings is 1. The van der Waals surface area contributed by atoms with Gasteiger partial charge in [0.15, 0.2) is 5.82 Å². The molecule has 2 aliphatic rings. The normalized spacial score (nSPS) is 20.0. The second-order valence-electron chi connectivity index (χ2n) is 5.00. The average Bonchev–Trinajstić information content (AvgIpc) is 3.23. The first-order chi connectivity index (χ1) is 8.75. The highest BCUT2D eigenvalue weighted by molar-refractivity contribution is 5.81. The molecular weight excluding hydrogens is 228 g/mol. The van der Waals surface area contributed by atoms with Gasteiger partial charge in [-0.3, -0.25) is 4.79 Å². The van der Waals surface area contributed by atoms with Crippen LogP contribution in [0.15, 0.2) is 18.3 Å². The third kappa shape index (κ3) is 2.12. The van der Waals surface area contributed by atoms with E-state index in [1.165, 1.54) is 0 Å². The van der Waals surface area contributed by atoms with Crippen molar-refractivity contribution >= 4 is 17.4 Å². The van der Waals surface area contributed by atoms with Crippen molar-refractivity contribution in [3.63, 3.8) is 0 Å². The summed E-state index contributed by atoms with van der Waals surface area (Å²) in [6, 6.07) is 3.70. The van der Waals surface area contributed by atoms with E-state index in [9.17, 15) is 4.79 Å². The monoisotopic (exact) mass is 246 g/mol. The number of nitrogens with two attached hydrogens (primary N) is 1. The molecule has 5 nitrogen and oxygen atoms in total. The number of carbonyl (C=O) groups excluding carboxylic acids is 1. The zero-order valence-corrected chi connectivity index (χ0v) is 10.4. The van der Waals surface area contributed by atoms with Crippen molar-refractivity contribution < 1.29 is 4.79 Å². The topological polar surface area (TPSA) is 62.5 Å². The molecule has 1 saturated carbocycles. The second-order valence-corrected chi connectivity index (χ2v) is 5.00. The number of carbonyl (C=O) groups is 1. The number of rotatable bonds is 2. The summed E-state index contributed by atoms with van der Waals surface area (Å²) in [7, 11) is 0. The quantitative estimate of drug-likeness (QED) is 0.835. The first kappa shape index (κ1) is 11.3. The highest BCUT2D eigenvalue weighted by Crippen LogP contribution is 2.31. The number of anilines is 2. The molecule has 0 atom stereocenters. The van der Waals surface area contributed by atoms with Gasteiger partial charge in [0, 0.05) is 38.3 Å². The van der Waals surface area contributed by atoms with Crippen LogP contribution >= 0.6 is 0 Å². The highest BCUT2D eigenvalue weighted by Gasteiger charge is 2.34. The Morgan fingerprint density at radius 3 is 2.61 bits per heavy atom. The Morgan fingerprint density at radius 1 is 1.28 bits per heavy atom. The van der Waals surface area contributed by atoms with E-state index in [0.717, 1.165) is 44.8 Å². The largest absolute Gasteiger partial charge is 0.396 e. The van der Waals surface area contributed by atoms with Crippen LogP contribution in [0, 0.1) is 5.92 Å². The summed E-state index contributed by atoms with van der Waals surface area (Å²) in [6.07, 6.45) is 3.91. The van der Waals surface area contributed by atoms with Crippen molar-refractivity contribution in [2.75, 3.05) is 36.8 Å². The standard InChI is InChI=1S/C13H18N4O/c14-11-2-1-5-15-12(11)16-6-8-17(9-7-16)13(18)10-3-4-10/h1-2,5,10H,3-4,6-9,14H2. The number of nitrogens with zero attached hydrogens (tertiary/aromatic N) is 3. The van der Waals surface area contributed by atoms with Crippen molar-refractivity contribution in [1.29, 1.82) is 0 Å². The molecule has 2 fully saturated rings. The molecule has 1 saturated heterocycles. The Bertz CT molecular complexity index is 450. The first-order valence-corrected chi connectivity index (χ1v) is 6.50. The number of pyridine rings is 1. The Morgan fingerprint density at radius 2 is 2.00 bits per heavy atom. The summed E-state index contributed by atoms with van der Waals surface area (Å²) < 4.78 is 0. The Balaban J connectivity index is 1.63. The van der Waals surface area contributed by atoms with Crippen LogP contribution in [0.2, 0.25) is 0 Å². The van der Waals surface area contributed by atoms with Crippen LogP contribution in [0.25, 0.3) is 0 Å². The second kappa shape index (κ2) is 4.48. The molecule has 96 valence electrons. The van der Waals surface area contributed by atoms with E-state index in [0.29, 0.717) is 17.5 Å². The van der Waals surface area contributed by atoms with Crippen molar-refractivity contribution in [2.45, 2.75) is 12.8 Å². The maximum atomic E-state index is 11.9. The van der Waals surface area contributed by atoms with Crippen LogP contribution in [0.1, 0.15) is 12.8 Å². The molecule has 0 bridgehead atoms. The molecule has 2 heterocycles. The van der Waals surface area contributed by atoms with Crippen LogP contribution in [-0.4, -0.2) is 42.0 Å². The summed E-state index contributed by atoms with van der Waals surface area (Å²) >= 11 is 0. The molecule has 0 aromatic carbocycles. The summed E-state index contributed by atoms with van der Waals surface area (Å²) in [6.45, 7) is 3.20. The van der Waals surface area contributed by atoms with Gasteiger partial charge in [-0.2, -0.15) is 0 Å².